The molecule has 0 saturated carbocycles. The number of anilines is 2. The highest BCUT2D eigenvalue weighted by atomic mass is 16.6. The van der Waals surface area contributed by atoms with Crippen LogP contribution in [0.15, 0.2) is 24.3 Å². The van der Waals surface area contributed by atoms with E-state index in [9.17, 15) is 4.79 Å². The quantitative estimate of drug-likeness (QED) is 0.816. The number of ether oxygens (including phenoxy) is 1. The van der Waals surface area contributed by atoms with E-state index in [0.717, 1.165) is 17.8 Å². The first kappa shape index (κ1) is 14.5. The van der Waals surface area contributed by atoms with Gasteiger partial charge in [0.2, 0.25) is 0 Å². The number of rotatable bonds is 2. The summed E-state index contributed by atoms with van der Waals surface area (Å²) in [6.07, 6.45) is 0.649. The summed E-state index contributed by atoms with van der Waals surface area (Å²) >= 11 is 0. The molecule has 5 heteroatoms. The largest absolute Gasteiger partial charge is 0.444 e. The van der Waals surface area contributed by atoms with Crippen molar-refractivity contribution >= 4 is 17.5 Å². The maximum atomic E-state index is 12.0. The molecule has 1 amide bonds. The lowest BCUT2D eigenvalue weighted by Gasteiger charge is -2.24. The van der Waals surface area contributed by atoms with Gasteiger partial charge in [-0.25, -0.2) is 4.79 Å². The Bertz CT molecular complexity index is 482. The Morgan fingerprint density at radius 2 is 2.10 bits per heavy atom. The SMILES string of the molecule is CC(C)(C)OC(=O)N1CC[C@H](Nc2ccccc2N)C1. The van der Waals surface area contributed by atoms with Gasteiger partial charge in [0.25, 0.3) is 0 Å². The van der Waals surface area contributed by atoms with E-state index in [0.29, 0.717) is 13.1 Å². The third-order valence-corrected chi connectivity index (χ3v) is 3.16. The minimum absolute atomic E-state index is 0.215. The Kier molecular flexibility index (Phi) is 4.06. The van der Waals surface area contributed by atoms with Crippen molar-refractivity contribution in [2.75, 3.05) is 24.1 Å². The van der Waals surface area contributed by atoms with Gasteiger partial charge in [0.1, 0.15) is 5.60 Å². The molecule has 3 N–H and O–H groups in total. The molecule has 2 rings (SSSR count). The second-order valence-electron chi connectivity index (χ2n) is 6.14. The van der Waals surface area contributed by atoms with E-state index in [2.05, 4.69) is 5.32 Å². The second kappa shape index (κ2) is 5.61. The third kappa shape index (κ3) is 3.79. The number of nitrogens with zero attached hydrogens (tertiary/aromatic N) is 1. The fraction of sp³-hybridized carbons (Fsp3) is 0.533. The zero-order valence-electron chi connectivity index (χ0n) is 12.3. The molecule has 1 aromatic rings. The van der Waals surface area contributed by atoms with Crippen LogP contribution < -0.4 is 11.1 Å². The Hall–Kier alpha value is -1.91. The number of carbonyl (C=O) groups excluding carboxylic acids is 1. The second-order valence-corrected chi connectivity index (χ2v) is 6.14. The molecule has 1 aromatic carbocycles. The van der Waals surface area contributed by atoms with Crippen molar-refractivity contribution in [3.63, 3.8) is 0 Å². The van der Waals surface area contributed by atoms with Crippen molar-refractivity contribution in [1.82, 2.24) is 4.90 Å². The van der Waals surface area contributed by atoms with Crippen molar-refractivity contribution < 1.29 is 9.53 Å². The minimum atomic E-state index is -0.452. The van der Waals surface area contributed by atoms with Crippen LogP contribution in [0.25, 0.3) is 0 Å². The van der Waals surface area contributed by atoms with Crippen LogP contribution in [0, 0.1) is 0 Å². The number of carbonyl (C=O) groups is 1. The predicted octanol–water partition coefficient (Wildman–Crippen LogP) is 2.69. The van der Waals surface area contributed by atoms with Crippen LogP contribution in [0.5, 0.6) is 0 Å². The summed E-state index contributed by atoms with van der Waals surface area (Å²) in [5.41, 5.74) is 7.10. The van der Waals surface area contributed by atoms with Gasteiger partial charge < -0.3 is 20.7 Å². The van der Waals surface area contributed by atoms with Gasteiger partial charge in [0, 0.05) is 19.1 Å². The zero-order valence-corrected chi connectivity index (χ0v) is 12.3. The first-order chi connectivity index (χ1) is 9.35. The summed E-state index contributed by atoms with van der Waals surface area (Å²) in [4.78, 5) is 13.7. The van der Waals surface area contributed by atoms with Gasteiger partial charge in [-0.3, -0.25) is 0 Å². The number of amides is 1. The molecular formula is C15H23N3O2. The fourth-order valence-corrected chi connectivity index (χ4v) is 2.22. The van der Waals surface area contributed by atoms with E-state index in [1.807, 2.05) is 45.0 Å². The maximum Gasteiger partial charge on any atom is 0.410 e. The Labute approximate surface area is 120 Å². The Balaban J connectivity index is 1.90. The standard InChI is InChI=1S/C15H23N3O2/c1-15(2,3)20-14(19)18-9-8-11(10-18)17-13-7-5-4-6-12(13)16/h4-7,11,17H,8-10,16H2,1-3H3/t11-/m0/s1. The Morgan fingerprint density at radius 3 is 2.75 bits per heavy atom. The van der Waals surface area contributed by atoms with Gasteiger partial charge in [0.05, 0.1) is 11.4 Å². The fourth-order valence-electron chi connectivity index (χ4n) is 2.22. The molecule has 110 valence electrons. The predicted molar refractivity (Wildman–Crippen MR) is 80.7 cm³/mol. The van der Waals surface area contributed by atoms with Crippen LogP contribution >= 0.6 is 0 Å². The Morgan fingerprint density at radius 1 is 1.40 bits per heavy atom. The average molecular weight is 277 g/mol. The molecule has 0 spiro atoms. The van der Waals surface area contributed by atoms with Crippen molar-refractivity contribution in [3.05, 3.63) is 24.3 Å². The van der Waals surface area contributed by atoms with Gasteiger partial charge in [-0.05, 0) is 39.3 Å². The number of hydrogen-bond acceptors (Lipinski definition) is 4. The number of nitrogens with one attached hydrogen (secondary N) is 1. The molecule has 1 atom stereocenters. The first-order valence-electron chi connectivity index (χ1n) is 6.94. The molecule has 0 aliphatic carbocycles. The monoisotopic (exact) mass is 277 g/mol. The van der Waals surface area contributed by atoms with Gasteiger partial charge >= 0.3 is 6.09 Å². The minimum Gasteiger partial charge on any atom is -0.444 e. The molecule has 0 unspecified atom stereocenters. The smallest absolute Gasteiger partial charge is 0.410 e. The van der Waals surface area contributed by atoms with Gasteiger partial charge in [-0.2, -0.15) is 0 Å². The topological polar surface area (TPSA) is 67.6 Å². The summed E-state index contributed by atoms with van der Waals surface area (Å²) in [5.74, 6) is 0. The van der Waals surface area contributed by atoms with E-state index in [-0.39, 0.29) is 12.1 Å². The summed E-state index contributed by atoms with van der Waals surface area (Å²) in [6.45, 7) is 6.98. The van der Waals surface area contributed by atoms with Crippen LogP contribution in [-0.2, 0) is 4.74 Å². The van der Waals surface area contributed by atoms with E-state index in [4.69, 9.17) is 10.5 Å². The summed E-state index contributed by atoms with van der Waals surface area (Å²) in [6, 6.07) is 7.88. The van der Waals surface area contributed by atoms with E-state index < -0.39 is 5.60 Å². The van der Waals surface area contributed by atoms with E-state index in [1.165, 1.54) is 0 Å². The van der Waals surface area contributed by atoms with Gasteiger partial charge in [-0.15, -0.1) is 0 Å². The molecule has 1 heterocycles. The van der Waals surface area contributed by atoms with Gasteiger partial charge in [-0.1, -0.05) is 12.1 Å². The summed E-state index contributed by atoms with van der Waals surface area (Å²) in [5, 5.41) is 3.38. The number of likely N-dealkylation sites (tertiary alicyclic amines) is 1. The lowest BCUT2D eigenvalue weighted by atomic mass is 10.2. The normalized spacial score (nSPS) is 18.9. The van der Waals surface area contributed by atoms with Crippen LogP contribution in [0.4, 0.5) is 16.2 Å². The molecule has 1 fully saturated rings. The van der Waals surface area contributed by atoms with Crippen molar-refractivity contribution in [2.24, 2.45) is 0 Å². The molecular weight excluding hydrogens is 254 g/mol. The van der Waals surface area contributed by atoms with E-state index in [1.54, 1.807) is 4.90 Å². The molecule has 20 heavy (non-hydrogen) atoms. The average Bonchev–Trinajstić information content (AvgIpc) is 2.79. The first-order valence-corrected chi connectivity index (χ1v) is 6.94. The van der Waals surface area contributed by atoms with Crippen molar-refractivity contribution in [1.29, 1.82) is 0 Å². The highest BCUT2D eigenvalue weighted by Gasteiger charge is 2.29. The van der Waals surface area contributed by atoms with Crippen LogP contribution in [-0.4, -0.2) is 35.7 Å². The van der Waals surface area contributed by atoms with Crippen molar-refractivity contribution in [2.45, 2.75) is 38.8 Å². The number of para-hydroxylation sites is 2. The van der Waals surface area contributed by atoms with Gasteiger partial charge in [0.15, 0.2) is 0 Å². The molecule has 5 nitrogen and oxygen atoms in total. The molecule has 1 saturated heterocycles. The third-order valence-electron chi connectivity index (χ3n) is 3.16. The van der Waals surface area contributed by atoms with Crippen LogP contribution in [0.2, 0.25) is 0 Å². The maximum absolute atomic E-state index is 12.0. The molecule has 0 aromatic heterocycles. The van der Waals surface area contributed by atoms with E-state index >= 15 is 0 Å². The highest BCUT2D eigenvalue weighted by molar-refractivity contribution is 5.69. The lowest BCUT2D eigenvalue weighted by Crippen LogP contribution is -2.36. The van der Waals surface area contributed by atoms with Crippen LogP contribution in [0.3, 0.4) is 0 Å². The highest BCUT2D eigenvalue weighted by Crippen LogP contribution is 2.22. The summed E-state index contributed by atoms with van der Waals surface area (Å²) < 4.78 is 5.38. The van der Waals surface area contributed by atoms with Crippen LogP contribution in [0.1, 0.15) is 27.2 Å². The zero-order chi connectivity index (χ0) is 14.8. The lowest BCUT2D eigenvalue weighted by molar-refractivity contribution is 0.0293. The number of nitrogen functional groups attached to an aromatic ring is 1. The molecule has 0 bridgehead atoms. The molecule has 0 radical (unpaired) electrons. The van der Waals surface area contributed by atoms with Crippen molar-refractivity contribution in [3.8, 4) is 0 Å². The molecule has 1 aliphatic rings. The number of nitrogens with two attached hydrogens (primary N) is 1. The number of hydrogen-bond donors (Lipinski definition) is 2. The summed E-state index contributed by atoms with van der Waals surface area (Å²) in [7, 11) is 0. The number of benzene rings is 1. The molecule has 1 aliphatic heterocycles.